The van der Waals surface area contributed by atoms with E-state index in [1.165, 1.54) is 0 Å². The Labute approximate surface area is 94.2 Å². The molecule has 0 saturated carbocycles. The van der Waals surface area contributed by atoms with Gasteiger partial charge in [0.15, 0.2) is 5.82 Å². The first-order valence-corrected chi connectivity index (χ1v) is 4.91. The van der Waals surface area contributed by atoms with Crippen molar-refractivity contribution >= 4 is 17.5 Å². The molecule has 0 aromatic carbocycles. The molecule has 1 aromatic rings. The lowest BCUT2D eigenvalue weighted by molar-refractivity contribution is 0.171. The molecule has 7 nitrogen and oxygen atoms in total. The van der Waals surface area contributed by atoms with Gasteiger partial charge in [-0.15, -0.1) is 0 Å². The van der Waals surface area contributed by atoms with Crippen molar-refractivity contribution in [3.05, 3.63) is 0 Å². The second-order valence-corrected chi connectivity index (χ2v) is 3.09. The Morgan fingerprint density at radius 1 is 1.25 bits per heavy atom. The zero-order valence-electron chi connectivity index (χ0n) is 9.49. The van der Waals surface area contributed by atoms with Crippen molar-refractivity contribution < 1.29 is 9.47 Å². The Hall–Kier alpha value is -1.76. The summed E-state index contributed by atoms with van der Waals surface area (Å²) in [4.78, 5) is 7.84. The van der Waals surface area contributed by atoms with Gasteiger partial charge in [-0.2, -0.15) is 9.97 Å². The minimum absolute atomic E-state index is 0.125. The number of hydrogen-bond donors (Lipinski definition) is 3. The summed E-state index contributed by atoms with van der Waals surface area (Å²) in [6.07, 6.45) is 0.759. The van der Waals surface area contributed by atoms with Crippen molar-refractivity contribution in [2.24, 2.45) is 0 Å². The minimum Gasteiger partial charge on any atom is -0.476 e. The van der Waals surface area contributed by atoms with Gasteiger partial charge in [0.25, 0.3) is 0 Å². The number of hydrogen-bond acceptors (Lipinski definition) is 7. The third-order valence-corrected chi connectivity index (χ3v) is 1.90. The topological polar surface area (TPSA) is 108 Å². The van der Waals surface area contributed by atoms with Gasteiger partial charge in [-0.05, 0) is 0 Å². The fraction of sp³-hybridized carbons (Fsp3) is 0.556. The van der Waals surface area contributed by atoms with Crippen LogP contribution in [0.2, 0.25) is 0 Å². The van der Waals surface area contributed by atoms with E-state index in [9.17, 15) is 0 Å². The highest BCUT2D eigenvalue weighted by Crippen LogP contribution is 2.26. The van der Waals surface area contributed by atoms with Crippen LogP contribution in [0.25, 0.3) is 0 Å². The number of anilines is 3. The number of nitrogens with zero attached hydrogens (tertiary/aromatic N) is 2. The number of aromatic nitrogens is 2. The molecule has 0 aliphatic carbocycles. The van der Waals surface area contributed by atoms with E-state index in [1.54, 1.807) is 14.2 Å². The zero-order chi connectivity index (χ0) is 12.0. The van der Waals surface area contributed by atoms with Crippen LogP contribution >= 0.6 is 0 Å². The van der Waals surface area contributed by atoms with Crippen LogP contribution < -0.4 is 21.5 Å². The average Bonchev–Trinajstić information content (AvgIpc) is 2.28. The van der Waals surface area contributed by atoms with Crippen LogP contribution in [-0.4, -0.2) is 37.3 Å². The molecule has 1 heterocycles. The molecule has 0 unspecified atom stereocenters. The van der Waals surface area contributed by atoms with E-state index in [4.69, 9.17) is 20.9 Å². The van der Waals surface area contributed by atoms with Crippen molar-refractivity contribution in [3.8, 4) is 5.88 Å². The molecule has 0 saturated heterocycles. The molecule has 0 bridgehead atoms. The minimum atomic E-state index is 0.125. The Balaban J connectivity index is 2.67. The fourth-order valence-electron chi connectivity index (χ4n) is 1.14. The highest BCUT2D eigenvalue weighted by molar-refractivity contribution is 5.68. The molecule has 0 aliphatic heterocycles. The third-order valence-electron chi connectivity index (χ3n) is 1.90. The Morgan fingerprint density at radius 3 is 2.62 bits per heavy atom. The molecule has 90 valence electrons. The van der Waals surface area contributed by atoms with Gasteiger partial charge in [0.05, 0.1) is 6.61 Å². The Kier molecular flexibility index (Phi) is 4.59. The van der Waals surface area contributed by atoms with E-state index in [1.807, 2.05) is 0 Å². The van der Waals surface area contributed by atoms with Crippen molar-refractivity contribution in [1.82, 2.24) is 9.97 Å². The van der Waals surface area contributed by atoms with Crippen molar-refractivity contribution in [2.75, 3.05) is 44.2 Å². The Bertz CT molecular complexity index is 345. The van der Waals surface area contributed by atoms with Gasteiger partial charge >= 0.3 is 0 Å². The van der Waals surface area contributed by atoms with Crippen LogP contribution in [-0.2, 0) is 4.74 Å². The molecular formula is C9H17N5O2. The highest BCUT2D eigenvalue weighted by Gasteiger charge is 2.10. The summed E-state index contributed by atoms with van der Waals surface area (Å²) in [6, 6.07) is 0. The first kappa shape index (κ1) is 12.3. The maximum absolute atomic E-state index is 5.78. The quantitative estimate of drug-likeness (QED) is 0.591. The first-order valence-electron chi connectivity index (χ1n) is 4.91. The summed E-state index contributed by atoms with van der Waals surface area (Å²) in [5, 5.41) is 2.82. The van der Waals surface area contributed by atoms with Gasteiger partial charge < -0.3 is 26.3 Å². The molecular weight excluding hydrogens is 210 g/mol. The molecule has 1 rings (SSSR count). The summed E-state index contributed by atoms with van der Waals surface area (Å²) < 4.78 is 10.3. The molecule has 0 fully saturated rings. The number of rotatable bonds is 6. The number of nitrogens with two attached hydrogens (primary N) is 2. The van der Waals surface area contributed by atoms with E-state index >= 15 is 0 Å². The summed E-state index contributed by atoms with van der Waals surface area (Å²) in [5.41, 5.74) is 11.6. The maximum Gasteiger partial charge on any atom is 0.244 e. The number of ether oxygens (including phenoxy) is 2. The van der Waals surface area contributed by atoms with E-state index in [-0.39, 0.29) is 5.95 Å². The number of nitrogen functional groups attached to an aromatic ring is 2. The van der Waals surface area contributed by atoms with E-state index in [0.717, 1.165) is 6.42 Å². The summed E-state index contributed by atoms with van der Waals surface area (Å²) >= 11 is 0. The van der Waals surface area contributed by atoms with Crippen LogP contribution in [0.4, 0.5) is 17.5 Å². The van der Waals surface area contributed by atoms with E-state index in [2.05, 4.69) is 15.3 Å². The molecule has 5 N–H and O–H groups in total. The van der Waals surface area contributed by atoms with E-state index < -0.39 is 0 Å². The molecule has 0 aliphatic rings. The largest absolute Gasteiger partial charge is 0.476 e. The lowest BCUT2D eigenvalue weighted by atomic mass is 10.4. The summed E-state index contributed by atoms with van der Waals surface area (Å²) in [7, 11) is 3.34. The van der Waals surface area contributed by atoms with Crippen molar-refractivity contribution in [3.63, 3.8) is 0 Å². The molecule has 0 amide bonds. The molecule has 0 atom stereocenters. The van der Waals surface area contributed by atoms with Gasteiger partial charge in [-0.1, -0.05) is 0 Å². The number of methoxy groups -OCH3 is 1. The molecule has 0 radical (unpaired) electrons. The van der Waals surface area contributed by atoms with Gasteiger partial charge in [-0.3, -0.25) is 0 Å². The Morgan fingerprint density at radius 2 is 2.00 bits per heavy atom. The maximum atomic E-state index is 5.78. The average molecular weight is 227 g/mol. The fourth-order valence-corrected chi connectivity index (χ4v) is 1.14. The third kappa shape index (κ3) is 3.13. The monoisotopic (exact) mass is 227 g/mol. The van der Waals surface area contributed by atoms with Crippen molar-refractivity contribution in [1.29, 1.82) is 0 Å². The molecule has 1 aromatic heterocycles. The van der Waals surface area contributed by atoms with Gasteiger partial charge in [-0.25, -0.2) is 0 Å². The van der Waals surface area contributed by atoms with Crippen LogP contribution in [0.15, 0.2) is 0 Å². The molecule has 0 spiro atoms. The van der Waals surface area contributed by atoms with Gasteiger partial charge in [0.2, 0.25) is 11.8 Å². The van der Waals surface area contributed by atoms with Crippen LogP contribution in [0.5, 0.6) is 5.88 Å². The first-order chi connectivity index (χ1) is 7.69. The van der Waals surface area contributed by atoms with Crippen LogP contribution in [0, 0.1) is 0 Å². The number of nitrogens with one attached hydrogen (secondary N) is 1. The van der Waals surface area contributed by atoms with Crippen molar-refractivity contribution in [2.45, 2.75) is 6.42 Å². The molecule has 16 heavy (non-hydrogen) atoms. The summed E-state index contributed by atoms with van der Waals surface area (Å²) in [5.74, 6) is 0.891. The second-order valence-electron chi connectivity index (χ2n) is 3.09. The van der Waals surface area contributed by atoms with Gasteiger partial charge in [0.1, 0.15) is 5.69 Å². The van der Waals surface area contributed by atoms with Crippen LogP contribution in [0.1, 0.15) is 6.42 Å². The predicted octanol–water partition coefficient (Wildman–Crippen LogP) is 0.0980. The molecule has 7 heteroatoms. The normalized spacial score (nSPS) is 10.1. The SMILES string of the molecule is CNc1nc(N)nc(OCCCOC)c1N. The smallest absolute Gasteiger partial charge is 0.244 e. The standard InChI is InChI=1S/C9H17N5O2/c1-12-7-6(10)8(14-9(11)13-7)16-5-3-4-15-2/h3-5,10H2,1-2H3,(H3,11,12,13,14). The zero-order valence-corrected chi connectivity index (χ0v) is 9.49. The predicted molar refractivity (Wildman–Crippen MR) is 62.4 cm³/mol. The summed E-state index contributed by atoms with van der Waals surface area (Å²) in [6.45, 7) is 1.09. The van der Waals surface area contributed by atoms with E-state index in [0.29, 0.717) is 30.6 Å². The lowest BCUT2D eigenvalue weighted by Crippen LogP contribution is -2.10. The van der Waals surface area contributed by atoms with Crippen LogP contribution in [0.3, 0.4) is 0 Å². The highest BCUT2D eigenvalue weighted by atomic mass is 16.5. The second kappa shape index (κ2) is 5.96. The van der Waals surface area contributed by atoms with Gasteiger partial charge in [0, 0.05) is 27.2 Å². The lowest BCUT2D eigenvalue weighted by Gasteiger charge is -2.10.